The van der Waals surface area contributed by atoms with E-state index in [9.17, 15) is 0 Å². The van der Waals surface area contributed by atoms with E-state index in [4.69, 9.17) is 19.2 Å². The molecule has 1 aromatic rings. The van der Waals surface area contributed by atoms with Gasteiger partial charge in [0.2, 0.25) is 0 Å². The van der Waals surface area contributed by atoms with E-state index in [0.717, 1.165) is 27.9 Å². The molecule has 0 amide bonds. The van der Waals surface area contributed by atoms with Crippen LogP contribution in [-0.2, 0) is 15.4 Å². The Balaban J connectivity index is 0.000000621. The summed E-state index contributed by atoms with van der Waals surface area (Å²) in [6.07, 6.45) is 0. The van der Waals surface area contributed by atoms with E-state index in [1.165, 1.54) is 13.9 Å². The molecule has 0 atom stereocenters. The predicted molar refractivity (Wildman–Crippen MR) is 83.5 cm³/mol. The zero-order valence-electron chi connectivity index (χ0n) is 13.4. The third-order valence-electron chi connectivity index (χ3n) is 2.91. The first kappa shape index (κ1) is 20.3. The normalized spacial score (nSPS) is 12.8. The van der Waals surface area contributed by atoms with Crippen LogP contribution in [0.5, 0.6) is 0 Å². The van der Waals surface area contributed by atoms with Gasteiger partial charge in [-0.15, -0.1) is 0 Å². The van der Waals surface area contributed by atoms with Crippen LogP contribution in [0.2, 0.25) is 0 Å². The van der Waals surface area contributed by atoms with E-state index in [0.29, 0.717) is 0 Å². The summed E-state index contributed by atoms with van der Waals surface area (Å²) >= 11 is 1.14. The van der Waals surface area contributed by atoms with Crippen LogP contribution in [-0.4, -0.2) is 42.6 Å². The Bertz CT molecular complexity index is 487. The zero-order valence-corrected chi connectivity index (χ0v) is 16.3. The third-order valence-corrected chi connectivity index (χ3v) is 3.78. The van der Waals surface area contributed by atoms with E-state index < -0.39 is 7.82 Å². The smallest absolute Gasteiger partial charge is 0.303 e. The van der Waals surface area contributed by atoms with Gasteiger partial charge in [0.05, 0.1) is 0 Å². The number of hydrogen-bond acceptors (Lipinski definition) is 1. The van der Waals surface area contributed by atoms with Crippen LogP contribution in [0.3, 0.4) is 0 Å². The minimum atomic E-state index is -4.64. The molecule has 0 aliphatic heterocycles. The molecule has 0 bridgehead atoms. The van der Waals surface area contributed by atoms with Crippen LogP contribution in [0.15, 0.2) is 18.2 Å². The molecule has 20 heavy (non-hydrogen) atoms. The Kier molecular flexibility index (Phi) is 7.18. The van der Waals surface area contributed by atoms with E-state index in [-0.39, 0.29) is 10.8 Å². The van der Waals surface area contributed by atoms with Crippen LogP contribution in [0.4, 0.5) is 0 Å². The van der Waals surface area contributed by atoms with Crippen LogP contribution in [0.25, 0.3) is 0 Å². The largest absolute Gasteiger partial charge is 0.466 e. The molecule has 0 aromatic heterocycles. The fourth-order valence-corrected chi connectivity index (χ4v) is 2.96. The van der Waals surface area contributed by atoms with Crippen molar-refractivity contribution in [3.63, 3.8) is 0 Å². The van der Waals surface area contributed by atoms with Gasteiger partial charge in [-0.3, -0.25) is 0 Å². The van der Waals surface area contributed by atoms with Gasteiger partial charge < -0.3 is 14.7 Å². The summed E-state index contributed by atoms with van der Waals surface area (Å²) in [6, 6.07) is 7.01. The molecule has 0 radical (unpaired) electrons. The van der Waals surface area contributed by atoms with Crippen molar-refractivity contribution in [2.24, 2.45) is 0 Å². The molecule has 0 spiro atoms. The van der Waals surface area contributed by atoms with E-state index >= 15 is 0 Å². The van der Waals surface area contributed by atoms with Gasteiger partial charge in [0.15, 0.2) is 0 Å². The van der Waals surface area contributed by atoms with Gasteiger partial charge in [-0.1, -0.05) is 0 Å². The fourth-order valence-electron chi connectivity index (χ4n) is 1.90. The van der Waals surface area contributed by atoms with Gasteiger partial charge in [0.1, 0.15) is 0 Å². The second-order valence-corrected chi connectivity index (χ2v) is 9.15. The molecular formula is C14H24NaO4P. The molecule has 6 heteroatoms. The van der Waals surface area contributed by atoms with Gasteiger partial charge in [-0.05, 0) is 0 Å². The first-order valence-corrected chi connectivity index (χ1v) is 9.09. The molecule has 0 fully saturated rings. The molecule has 0 aliphatic carbocycles. The Labute approximate surface area is 139 Å². The summed E-state index contributed by atoms with van der Waals surface area (Å²) in [5.74, 6) is 0. The Morgan fingerprint density at radius 3 is 1.65 bits per heavy atom. The SMILES string of the molecule is CC(C)(C)c1cc[c]([Na])c(C(C)(C)C)c1.O=P(O)(O)O. The van der Waals surface area contributed by atoms with Crippen LogP contribution < -0.4 is 2.81 Å². The molecule has 0 saturated carbocycles. The standard InChI is InChI=1S/C14H21.Na.H3O4P/c1-13(2,3)11-8-7-9-12(10-11)14(4,5)6;;1-5(2,3)4/h7-8,10H,1-6H3;;(H3,1,2,3,4). The molecule has 0 unspecified atom stereocenters. The van der Waals surface area contributed by atoms with Crippen LogP contribution >= 0.6 is 7.82 Å². The van der Waals surface area contributed by atoms with E-state index in [1.807, 2.05) is 0 Å². The first-order valence-electron chi connectivity index (χ1n) is 6.52. The molecule has 110 valence electrons. The molecule has 3 N–H and O–H groups in total. The van der Waals surface area contributed by atoms with Crippen LogP contribution in [0, 0.1) is 0 Å². The van der Waals surface area contributed by atoms with Crippen molar-refractivity contribution in [2.45, 2.75) is 52.4 Å². The van der Waals surface area contributed by atoms with Crippen molar-refractivity contribution in [3.05, 3.63) is 29.3 Å². The molecule has 0 saturated heterocycles. The number of benzene rings is 1. The Morgan fingerprint density at radius 1 is 0.950 bits per heavy atom. The van der Waals surface area contributed by atoms with Gasteiger partial charge >= 0.3 is 120 Å². The summed E-state index contributed by atoms with van der Waals surface area (Å²) in [6.45, 7) is 13.7. The maximum atomic E-state index is 8.88. The third kappa shape index (κ3) is 8.58. The average Bonchev–Trinajstić information content (AvgIpc) is 2.11. The summed E-state index contributed by atoms with van der Waals surface area (Å²) in [5.41, 5.74) is 3.52. The van der Waals surface area contributed by atoms with Gasteiger partial charge in [-0.2, -0.15) is 0 Å². The molecule has 1 rings (SSSR count). The van der Waals surface area contributed by atoms with Crippen LogP contribution in [0.1, 0.15) is 52.7 Å². The molecule has 4 nitrogen and oxygen atoms in total. The minimum Gasteiger partial charge on any atom is -0.303 e. The van der Waals surface area contributed by atoms with Crippen molar-refractivity contribution < 1.29 is 19.2 Å². The average molecular weight is 310 g/mol. The van der Waals surface area contributed by atoms with E-state index in [1.54, 1.807) is 0 Å². The maximum absolute atomic E-state index is 8.88. The number of phosphoric acid groups is 1. The summed E-state index contributed by atoms with van der Waals surface area (Å²) in [4.78, 5) is 21.6. The first-order chi connectivity index (χ1) is 8.62. The number of rotatable bonds is 0. The molecule has 0 aliphatic rings. The van der Waals surface area contributed by atoms with Crippen molar-refractivity contribution in [1.82, 2.24) is 0 Å². The topological polar surface area (TPSA) is 77.8 Å². The fraction of sp³-hybridized carbons (Fsp3) is 0.571. The van der Waals surface area contributed by atoms with Crippen molar-refractivity contribution in [1.29, 1.82) is 0 Å². The second kappa shape index (κ2) is 7.06. The maximum Gasteiger partial charge on any atom is 0.466 e. The Hall–Kier alpha value is 0.330. The predicted octanol–water partition coefficient (Wildman–Crippen LogP) is 2.15. The number of hydrogen-bond donors (Lipinski definition) is 3. The van der Waals surface area contributed by atoms with E-state index in [2.05, 4.69) is 59.7 Å². The summed E-state index contributed by atoms with van der Waals surface area (Å²) < 4.78 is 10.4. The summed E-state index contributed by atoms with van der Waals surface area (Å²) in [5, 5.41) is 0. The quantitative estimate of drug-likeness (QED) is 0.507. The zero-order chi connectivity index (χ0) is 16.4. The molecular weight excluding hydrogens is 286 g/mol. The minimum absolute atomic E-state index is 0.259. The Morgan fingerprint density at radius 2 is 1.35 bits per heavy atom. The van der Waals surface area contributed by atoms with Gasteiger partial charge in [-0.25, -0.2) is 4.57 Å². The second-order valence-electron chi connectivity index (χ2n) is 7.04. The van der Waals surface area contributed by atoms with Crippen molar-refractivity contribution in [2.75, 3.05) is 0 Å². The summed E-state index contributed by atoms with van der Waals surface area (Å²) in [7, 11) is -4.64. The molecule has 0 heterocycles. The molecule has 1 aromatic carbocycles. The monoisotopic (exact) mass is 310 g/mol. The van der Waals surface area contributed by atoms with Crippen molar-refractivity contribution in [3.8, 4) is 0 Å². The van der Waals surface area contributed by atoms with Gasteiger partial charge in [0.25, 0.3) is 0 Å². The van der Waals surface area contributed by atoms with Crippen molar-refractivity contribution >= 4 is 38.6 Å². The van der Waals surface area contributed by atoms with Gasteiger partial charge in [0, 0.05) is 0 Å².